The number of fused-ring (bicyclic) bond motifs is 10. The van der Waals surface area contributed by atoms with Crippen LogP contribution < -0.4 is 14.7 Å². The average Bonchev–Trinajstić information content (AvgIpc) is 3.82. The molecule has 0 radical (unpaired) electrons. The van der Waals surface area contributed by atoms with Gasteiger partial charge >= 0.3 is 0 Å². The van der Waals surface area contributed by atoms with E-state index in [1.165, 1.54) is 44.5 Å². The third kappa shape index (κ3) is 5.97. The lowest BCUT2D eigenvalue weighted by atomic mass is 9.70. The highest BCUT2D eigenvalue weighted by molar-refractivity contribution is 5.99. The van der Waals surface area contributed by atoms with Crippen LogP contribution in [0, 0.1) is 0 Å². The first-order valence-corrected chi connectivity index (χ1v) is 22.0. The van der Waals surface area contributed by atoms with Gasteiger partial charge in [0.05, 0.1) is 5.41 Å². The van der Waals surface area contributed by atoms with Gasteiger partial charge in [-0.3, -0.25) is 0 Å². The molecular weight excluding hydrogens is 775 g/mol. The zero-order valence-electron chi connectivity index (χ0n) is 35.2. The summed E-state index contributed by atoms with van der Waals surface area (Å²) in [7, 11) is 0. The van der Waals surface area contributed by atoms with Crippen LogP contribution in [0.3, 0.4) is 0 Å². The van der Waals surface area contributed by atoms with Gasteiger partial charge in [0.25, 0.3) is 0 Å². The maximum atomic E-state index is 2.43. The first-order valence-electron chi connectivity index (χ1n) is 22.0. The van der Waals surface area contributed by atoms with E-state index in [2.05, 4.69) is 276 Å². The lowest BCUT2D eigenvalue weighted by molar-refractivity contribution is 0.793. The summed E-state index contributed by atoms with van der Waals surface area (Å²) in [5.74, 6) is 0. The molecule has 3 nitrogen and oxygen atoms in total. The molecule has 0 aliphatic heterocycles. The summed E-state index contributed by atoms with van der Waals surface area (Å²) in [5, 5.41) is 0. The highest BCUT2D eigenvalue weighted by Gasteiger charge is 2.52. The van der Waals surface area contributed by atoms with E-state index in [0.717, 1.165) is 51.2 Å². The van der Waals surface area contributed by atoms with Gasteiger partial charge in [0.15, 0.2) is 0 Å². The Kier molecular flexibility index (Phi) is 9.05. The van der Waals surface area contributed by atoms with Gasteiger partial charge in [0, 0.05) is 51.2 Å². The van der Waals surface area contributed by atoms with Gasteiger partial charge in [-0.25, -0.2) is 0 Å². The lowest BCUT2D eigenvalue weighted by Gasteiger charge is -2.32. The first kappa shape index (κ1) is 37.4. The molecule has 0 heterocycles. The molecule has 0 saturated carbocycles. The van der Waals surface area contributed by atoms with Crippen LogP contribution in [0.4, 0.5) is 51.2 Å². The fraction of sp³-hybridized carbons (Fsp3) is 0.0164. The minimum Gasteiger partial charge on any atom is -0.310 e. The molecule has 64 heavy (non-hydrogen) atoms. The van der Waals surface area contributed by atoms with Crippen molar-refractivity contribution in [3.8, 4) is 22.3 Å². The van der Waals surface area contributed by atoms with E-state index in [-0.39, 0.29) is 0 Å². The quantitative estimate of drug-likeness (QED) is 0.144. The topological polar surface area (TPSA) is 9.72 Å². The van der Waals surface area contributed by atoms with Crippen molar-refractivity contribution < 1.29 is 0 Å². The van der Waals surface area contributed by atoms with E-state index < -0.39 is 5.41 Å². The number of nitrogens with zero attached hydrogens (tertiary/aromatic N) is 3. The Morgan fingerprint density at radius 3 is 0.719 bits per heavy atom. The van der Waals surface area contributed by atoms with E-state index in [4.69, 9.17) is 0 Å². The number of benzene rings is 10. The Balaban J connectivity index is 1.12. The normalized spacial score (nSPS) is 12.5. The smallest absolute Gasteiger partial charge is 0.0725 e. The Morgan fingerprint density at radius 2 is 0.422 bits per heavy atom. The number of para-hydroxylation sites is 6. The second-order valence-corrected chi connectivity index (χ2v) is 16.5. The van der Waals surface area contributed by atoms with Crippen LogP contribution in [-0.2, 0) is 5.41 Å². The van der Waals surface area contributed by atoms with Crippen molar-refractivity contribution in [3.63, 3.8) is 0 Å². The van der Waals surface area contributed by atoms with Gasteiger partial charge in [-0.2, -0.15) is 0 Å². The molecule has 0 saturated heterocycles. The molecule has 2 aliphatic rings. The van der Waals surface area contributed by atoms with Crippen LogP contribution in [0.15, 0.2) is 261 Å². The molecule has 2 aliphatic carbocycles. The molecule has 12 rings (SSSR count). The minimum atomic E-state index is -0.550. The van der Waals surface area contributed by atoms with Crippen molar-refractivity contribution in [2.24, 2.45) is 0 Å². The van der Waals surface area contributed by atoms with Gasteiger partial charge in [0.1, 0.15) is 0 Å². The predicted molar refractivity (Wildman–Crippen MR) is 267 cm³/mol. The van der Waals surface area contributed by atoms with Crippen LogP contribution >= 0.6 is 0 Å². The molecule has 3 heteroatoms. The Hall–Kier alpha value is -8.40. The SMILES string of the molecule is c1ccc(N(c2ccccc2)c2ccc3c(c2)-c2ccccc2C32c3ccc(N(c4ccccc4)c4ccccc4)cc3-c3cc(N(c4ccccc4)c4ccccc4)ccc32)cc1. The van der Waals surface area contributed by atoms with Gasteiger partial charge < -0.3 is 14.7 Å². The molecular formula is C61H43N3. The van der Waals surface area contributed by atoms with E-state index in [9.17, 15) is 0 Å². The fourth-order valence-electron chi connectivity index (χ4n) is 10.4. The average molecular weight is 818 g/mol. The highest BCUT2D eigenvalue weighted by atomic mass is 15.2. The third-order valence-electron chi connectivity index (χ3n) is 13.0. The maximum absolute atomic E-state index is 2.43. The van der Waals surface area contributed by atoms with Crippen molar-refractivity contribution in [1.82, 2.24) is 0 Å². The Labute approximate surface area is 375 Å². The largest absolute Gasteiger partial charge is 0.310 e. The highest BCUT2D eigenvalue weighted by Crippen LogP contribution is 2.64. The van der Waals surface area contributed by atoms with E-state index in [1.54, 1.807) is 0 Å². The molecule has 0 fully saturated rings. The van der Waals surface area contributed by atoms with E-state index in [1.807, 2.05) is 0 Å². The maximum Gasteiger partial charge on any atom is 0.0725 e. The summed E-state index contributed by atoms with van der Waals surface area (Å²) >= 11 is 0. The second kappa shape index (κ2) is 15.5. The third-order valence-corrected chi connectivity index (χ3v) is 13.0. The van der Waals surface area contributed by atoms with Crippen LogP contribution in [-0.4, -0.2) is 0 Å². The molecule has 10 aromatic carbocycles. The summed E-state index contributed by atoms with van der Waals surface area (Å²) in [4.78, 5) is 7.12. The van der Waals surface area contributed by atoms with Gasteiger partial charge in [0.2, 0.25) is 0 Å². The monoisotopic (exact) mass is 817 g/mol. The van der Waals surface area contributed by atoms with Crippen molar-refractivity contribution >= 4 is 51.2 Å². The Bertz CT molecular complexity index is 3010. The van der Waals surface area contributed by atoms with Crippen molar-refractivity contribution in [1.29, 1.82) is 0 Å². The molecule has 0 aromatic heterocycles. The summed E-state index contributed by atoms with van der Waals surface area (Å²) in [5.41, 5.74) is 19.6. The molecule has 0 bridgehead atoms. The fourth-order valence-corrected chi connectivity index (χ4v) is 10.4. The van der Waals surface area contributed by atoms with Crippen molar-refractivity contribution in [3.05, 3.63) is 283 Å². The summed E-state index contributed by atoms with van der Waals surface area (Å²) < 4.78 is 0. The van der Waals surface area contributed by atoms with Crippen molar-refractivity contribution in [2.75, 3.05) is 14.7 Å². The number of anilines is 9. The molecule has 302 valence electrons. The summed E-state index contributed by atoms with van der Waals surface area (Å²) in [6.45, 7) is 0. The zero-order valence-corrected chi connectivity index (χ0v) is 35.2. The summed E-state index contributed by atoms with van der Waals surface area (Å²) in [6.07, 6.45) is 0. The lowest BCUT2D eigenvalue weighted by Crippen LogP contribution is -2.26. The minimum absolute atomic E-state index is 0.550. The van der Waals surface area contributed by atoms with Crippen LogP contribution in [0.2, 0.25) is 0 Å². The summed E-state index contributed by atoms with van der Waals surface area (Å²) in [6, 6.07) is 94.8. The zero-order chi connectivity index (χ0) is 42.5. The standard InChI is InChI=1S/C61H43N3/c1-7-21-44(22-8-1)62(45-23-9-2-10-24-45)50-35-38-58-54(41-50)53-33-19-20-34-57(53)61(58)59-39-36-51(63(46-25-11-3-12-26-46)47-27-13-4-14-28-47)42-55(59)56-43-52(37-40-60(56)61)64(48-29-15-5-16-30-48)49-31-17-6-18-32-49/h1-43H. The van der Waals surface area contributed by atoms with E-state index in [0.29, 0.717) is 0 Å². The van der Waals surface area contributed by atoms with Crippen LogP contribution in [0.5, 0.6) is 0 Å². The van der Waals surface area contributed by atoms with Crippen molar-refractivity contribution in [2.45, 2.75) is 5.41 Å². The van der Waals surface area contributed by atoms with E-state index >= 15 is 0 Å². The van der Waals surface area contributed by atoms with Gasteiger partial charge in [-0.15, -0.1) is 0 Å². The molecule has 0 N–H and O–H groups in total. The number of hydrogen-bond donors (Lipinski definition) is 0. The molecule has 0 unspecified atom stereocenters. The molecule has 0 atom stereocenters. The van der Waals surface area contributed by atoms with Gasteiger partial charge in [-0.1, -0.05) is 152 Å². The van der Waals surface area contributed by atoms with Crippen LogP contribution in [0.1, 0.15) is 22.3 Å². The molecule has 1 spiro atoms. The molecule has 10 aromatic rings. The Morgan fingerprint density at radius 1 is 0.188 bits per heavy atom. The van der Waals surface area contributed by atoms with Gasteiger partial charge in [-0.05, 0) is 154 Å². The van der Waals surface area contributed by atoms with Crippen LogP contribution in [0.25, 0.3) is 22.3 Å². The second-order valence-electron chi connectivity index (χ2n) is 16.5. The first-order chi connectivity index (χ1) is 31.8. The predicted octanol–water partition coefficient (Wildman–Crippen LogP) is 16.4. The molecule has 0 amide bonds. The number of rotatable bonds is 9. The number of hydrogen-bond acceptors (Lipinski definition) is 3.